The van der Waals surface area contributed by atoms with Gasteiger partial charge in [-0.25, -0.2) is 0 Å². The van der Waals surface area contributed by atoms with Crippen molar-refractivity contribution < 1.29 is 14.1 Å². The maximum Gasteiger partial charge on any atom is 0.276 e. The lowest BCUT2D eigenvalue weighted by atomic mass is 10.1. The van der Waals surface area contributed by atoms with Crippen LogP contribution in [0.25, 0.3) is 0 Å². The van der Waals surface area contributed by atoms with Gasteiger partial charge < -0.3 is 14.2 Å². The second-order valence-electron chi connectivity index (χ2n) is 6.00. The number of nitrogens with zero attached hydrogens (tertiary/aromatic N) is 3. The highest BCUT2D eigenvalue weighted by molar-refractivity contribution is 7.98. The number of thioether (sulfide) groups is 1. The summed E-state index contributed by atoms with van der Waals surface area (Å²) >= 11 is 1.61. The van der Waals surface area contributed by atoms with Gasteiger partial charge in [-0.2, -0.15) is 0 Å². The lowest BCUT2D eigenvalue weighted by molar-refractivity contribution is 0.0731. The molecule has 1 aromatic carbocycles. The van der Waals surface area contributed by atoms with Gasteiger partial charge >= 0.3 is 0 Å². The van der Waals surface area contributed by atoms with Gasteiger partial charge in [0.05, 0.1) is 6.04 Å². The maximum atomic E-state index is 12.7. The average molecular weight is 383 g/mol. The summed E-state index contributed by atoms with van der Waals surface area (Å²) in [7, 11) is 1.74. The third-order valence-corrected chi connectivity index (χ3v) is 5.06. The molecule has 140 valence electrons. The van der Waals surface area contributed by atoms with Crippen LogP contribution >= 0.6 is 11.8 Å². The smallest absolute Gasteiger partial charge is 0.276 e. The summed E-state index contributed by atoms with van der Waals surface area (Å²) in [5.74, 6) is 1.05. The van der Waals surface area contributed by atoms with E-state index >= 15 is 0 Å². The van der Waals surface area contributed by atoms with E-state index in [9.17, 15) is 4.79 Å². The van der Waals surface area contributed by atoms with Crippen molar-refractivity contribution in [1.82, 2.24) is 15.0 Å². The normalized spacial score (nSPS) is 11.8. The van der Waals surface area contributed by atoms with E-state index in [1.165, 1.54) is 0 Å². The van der Waals surface area contributed by atoms with Gasteiger partial charge in [0.1, 0.15) is 12.4 Å². The Labute approximate surface area is 162 Å². The fraction of sp³-hybridized carbons (Fsp3) is 0.250. The maximum absolute atomic E-state index is 12.7. The first-order valence-corrected chi connectivity index (χ1v) is 9.71. The van der Waals surface area contributed by atoms with Gasteiger partial charge in [0.25, 0.3) is 5.91 Å². The third kappa shape index (κ3) is 4.49. The highest BCUT2D eigenvalue weighted by atomic mass is 32.2. The predicted molar refractivity (Wildman–Crippen MR) is 104 cm³/mol. The molecule has 1 atom stereocenters. The van der Waals surface area contributed by atoms with Crippen LogP contribution < -0.4 is 4.74 Å². The first-order chi connectivity index (χ1) is 13.1. The van der Waals surface area contributed by atoms with E-state index in [0.29, 0.717) is 5.76 Å². The predicted octanol–water partition coefficient (Wildman–Crippen LogP) is 4.20. The van der Waals surface area contributed by atoms with Crippen molar-refractivity contribution in [1.29, 1.82) is 0 Å². The molecule has 0 unspecified atom stereocenters. The number of aromatic nitrogens is 2. The van der Waals surface area contributed by atoms with Crippen molar-refractivity contribution in [3.05, 3.63) is 71.9 Å². The van der Waals surface area contributed by atoms with Gasteiger partial charge in [0, 0.05) is 30.4 Å². The van der Waals surface area contributed by atoms with Gasteiger partial charge in [-0.3, -0.25) is 9.78 Å². The number of carbonyl (C=O) groups excluding carboxylic acids is 1. The number of hydrogen-bond donors (Lipinski definition) is 0. The summed E-state index contributed by atoms with van der Waals surface area (Å²) < 4.78 is 11.1. The van der Waals surface area contributed by atoms with Crippen LogP contribution in [0.1, 0.15) is 34.8 Å². The van der Waals surface area contributed by atoms with Crippen molar-refractivity contribution in [2.45, 2.75) is 24.5 Å². The van der Waals surface area contributed by atoms with Crippen LogP contribution in [-0.2, 0) is 6.61 Å². The van der Waals surface area contributed by atoms with Crippen molar-refractivity contribution >= 4 is 17.7 Å². The fourth-order valence-corrected chi connectivity index (χ4v) is 3.11. The molecular weight excluding hydrogens is 362 g/mol. The van der Waals surface area contributed by atoms with E-state index in [0.717, 1.165) is 16.2 Å². The van der Waals surface area contributed by atoms with Crippen molar-refractivity contribution in [3.8, 4) is 5.75 Å². The summed E-state index contributed by atoms with van der Waals surface area (Å²) in [4.78, 5) is 19.4. The Morgan fingerprint density at radius 2 is 2.11 bits per heavy atom. The second kappa shape index (κ2) is 8.73. The van der Waals surface area contributed by atoms with Crippen molar-refractivity contribution in [2.75, 3.05) is 13.3 Å². The second-order valence-corrected chi connectivity index (χ2v) is 6.84. The van der Waals surface area contributed by atoms with Crippen LogP contribution in [0.2, 0.25) is 0 Å². The Morgan fingerprint density at radius 1 is 1.30 bits per heavy atom. The van der Waals surface area contributed by atoms with Crippen LogP contribution in [0, 0.1) is 0 Å². The minimum atomic E-state index is -0.217. The minimum Gasteiger partial charge on any atom is -0.484 e. The van der Waals surface area contributed by atoms with Crippen LogP contribution in [0.4, 0.5) is 0 Å². The van der Waals surface area contributed by atoms with Crippen LogP contribution in [0.3, 0.4) is 0 Å². The molecule has 0 aliphatic carbocycles. The number of hydrogen-bond acceptors (Lipinski definition) is 6. The molecule has 0 saturated heterocycles. The lowest BCUT2D eigenvalue weighted by Gasteiger charge is -2.24. The van der Waals surface area contributed by atoms with Gasteiger partial charge in [0.2, 0.25) is 0 Å². The number of carbonyl (C=O) groups is 1. The first kappa shape index (κ1) is 19.0. The molecule has 0 saturated carbocycles. The molecule has 2 heterocycles. The first-order valence-electron chi connectivity index (χ1n) is 8.48. The number of pyridine rings is 1. The molecule has 0 N–H and O–H groups in total. The van der Waals surface area contributed by atoms with Crippen molar-refractivity contribution in [3.63, 3.8) is 0 Å². The molecule has 0 bridgehead atoms. The molecule has 0 radical (unpaired) electrons. The molecular formula is C20H21N3O3S. The highest BCUT2D eigenvalue weighted by Gasteiger charge is 2.22. The number of rotatable bonds is 7. The van der Waals surface area contributed by atoms with E-state index in [1.807, 2.05) is 49.6 Å². The molecule has 6 nitrogen and oxygen atoms in total. The molecule has 3 aromatic rings. The number of benzene rings is 1. The molecule has 1 amide bonds. The minimum absolute atomic E-state index is 0.129. The van der Waals surface area contributed by atoms with Gasteiger partial charge in [-0.05, 0) is 36.9 Å². The fourth-order valence-electron chi connectivity index (χ4n) is 2.57. The molecule has 3 rings (SSSR count). The van der Waals surface area contributed by atoms with Crippen LogP contribution in [0.5, 0.6) is 5.75 Å². The molecule has 2 aromatic heterocycles. The Kier molecular flexibility index (Phi) is 6.13. The molecule has 0 aliphatic rings. The number of ether oxygens (including phenoxy) is 1. The van der Waals surface area contributed by atoms with Gasteiger partial charge in [-0.15, -0.1) is 11.8 Å². The van der Waals surface area contributed by atoms with Crippen LogP contribution in [-0.4, -0.2) is 34.3 Å². The Balaban J connectivity index is 1.65. The summed E-state index contributed by atoms with van der Waals surface area (Å²) in [6.45, 7) is 2.15. The Morgan fingerprint density at radius 3 is 2.85 bits per heavy atom. The highest BCUT2D eigenvalue weighted by Crippen LogP contribution is 2.27. The summed E-state index contributed by atoms with van der Waals surface area (Å²) in [5, 5.41) is 3.90. The topological polar surface area (TPSA) is 68.5 Å². The zero-order chi connectivity index (χ0) is 19.2. The zero-order valence-electron chi connectivity index (χ0n) is 15.5. The largest absolute Gasteiger partial charge is 0.484 e. The number of amides is 1. The molecule has 7 heteroatoms. The van der Waals surface area contributed by atoms with Gasteiger partial charge in [0.15, 0.2) is 11.5 Å². The van der Waals surface area contributed by atoms with E-state index in [2.05, 4.69) is 10.1 Å². The van der Waals surface area contributed by atoms with E-state index < -0.39 is 0 Å². The molecule has 0 fully saturated rings. The van der Waals surface area contributed by atoms with Crippen LogP contribution in [0.15, 0.2) is 64.3 Å². The molecule has 0 spiro atoms. The monoisotopic (exact) mass is 383 g/mol. The summed E-state index contributed by atoms with van der Waals surface area (Å²) in [6, 6.07) is 13.0. The Bertz CT molecular complexity index is 898. The average Bonchev–Trinajstić information content (AvgIpc) is 3.20. The zero-order valence-corrected chi connectivity index (χ0v) is 16.3. The van der Waals surface area contributed by atoms with E-state index in [1.54, 1.807) is 42.2 Å². The molecule has 27 heavy (non-hydrogen) atoms. The lowest BCUT2D eigenvalue weighted by Crippen LogP contribution is -2.29. The Hall–Kier alpha value is -2.80. The number of para-hydroxylation sites is 1. The quantitative estimate of drug-likeness (QED) is 0.570. The van der Waals surface area contributed by atoms with Gasteiger partial charge in [-0.1, -0.05) is 23.4 Å². The SMILES string of the molecule is CSc1ccccc1OCc1cc(C(=O)N(C)[C@H](C)c2cccnc2)no1. The molecule has 0 aliphatic heterocycles. The summed E-state index contributed by atoms with van der Waals surface area (Å²) in [5.41, 5.74) is 1.21. The van der Waals surface area contributed by atoms with E-state index in [4.69, 9.17) is 9.26 Å². The summed E-state index contributed by atoms with van der Waals surface area (Å²) in [6.07, 6.45) is 5.45. The standard InChI is InChI=1S/C20H21N3O3S/c1-14(15-7-6-10-21-12-15)23(2)20(24)17-11-16(26-22-17)13-25-18-8-4-5-9-19(18)27-3/h4-12,14H,13H2,1-3H3/t14-/m1/s1. The van der Waals surface area contributed by atoms with E-state index in [-0.39, 0.29) is 24.2 Å². The third-order valence-electron chi connectivity index (χ3n) is 4.29. The van der Waals surface area contributed by atoms with Crippen molar-refractivity contribution in [2.24, 2.45) is 0 Å².